The van der Waals surface area contributed by atoms with Crippen LogP contribution in [0.4, 0.5) is 5.69 Å². The van der Waals surface area contributed by atoms with Gasteiger partial charge in [0.15, 0.2) is 5.82 Å². The number of hydrogen-bond acceptors (Lipinski definition) is 8. The zero-order chi connectivity index (χ0) is 37.2. The van der Waals surface area contributed by atoms with Gasteiger partial charge in [0, 0.05) is 112 Å². The second kappa shape index (κ2) is 15.9. The number of likely N-dealkylation sites (tertiary alicyclic amines) is 1. The van der Waals surface area contributed by atoms with E-state index in [0.29, 0.717) is 69.7 Å². The minimum Gasteiger partial charge on any atom is -0.496 e. The largest absolute Gasteiger partial charge is 0.496 e. The predicted molar refractivity (Wildman–Crippen MR) is 205 cm³/mol. The van der Waals surface area contributed by atoms with Crippen molar-refractivity contribution in [2.24, 2.45) is 7.05 Å². The molecule has 0 aliphatic carbocycles. The molecule has 3 aliphatic heterocycles. The summed E-state index contributed by atoms with van der Waals surface area (Å²) >= 11 is 14.0. The number of carbonyl (C=O) groups excluding carboxylic acids is 3. The molecular formula is C39H44Cl2N8O4. The van der Waals surface area contributed by atoms with Gasteiger partial charge in [-0.05, 0) is 37.5 Å². The van der Waals surface area contributed by atoms with Crippen molar-refractivity contribution in [1.29, 1.82) is 0 Å². The van der Waals surface area contributed by atoms with E-state index in [-0.39, 0.29) is 23.8 Å². The van der Waals surface area contributed by atoms with Crippen LogP contribution in [0.3, 0.4) is 0 Å². The number of piperidine rings is 1. The lowest BCUT2D eigenvalue weighted by molar-refractivity contribution is -0.130. The number of methoxy groups -OCH3 is 1. The number of nitrogens with one attached hydrogen (secondary N) is 3. The highest BCUT2D eigenvalue weighted by molar-refractivity contribution is 6.39. The lowest BCUT2D eigenvalue weighted by atomic mass is 10.0. The summed E-state index contributed by atoms with van der Waals surface area (Å²) < 4.78 is 7.64. The molecule has 0 unspecified atom stereocenters. The van der Waals surface area contributed by atoms with E-state index in [4.69, 9.17) is 32.9 Å². The highest BCUT2D eigenvalue weighted by Crippen LogP contribution is 2.41. The fraction of sp³-hybridized carbons (Fsp3) is 0.410. The van der Waals surface area contributed by atoms with Crippen LogP contribution in [-0.4, -0.2) is 87.4 Å². The Hall–Kier alpha value is -4.49. The molecular weight excluding hydrogens is 715 g/mol. The molecule has 0 bridgehead atoms. The number of pyridine rings is 1. The van der Waals surface area contributed by atoms with Crippen molar-refractivity contribution in [3.05, 3.63) is 81.5 Å². The maximum atomic E-state index is 13.6. The van der Waals surface area contributed by atoms with E-state index < -0.39 is 0 Å². The van der Waals surface area contributed by atoms with Crippen LogP contribution in [0.15, 0.2) is 48.7 Å². The maximum Gasteiger partial charge on any atom is 0.291 e. The average Bonchev–Trinajstić information content (AvgIpc) is 3.73. The van der Waals surface area contributed by atoms with Gasteiger partial charge in [0.1, 0.15) is 5.75 Å². The standard InChI is InChI=1S/C39H44Cl2N8O4/c1-23(50)49-17-12-26(13-18-49)43-20-25-8-7-24(19-33(25)53-3)37-36(41)29(11-15-42-37)28-5-4-6-30(35(28)40)46-39(52)38-45-31-22-48(16-14-32(31)47(38)2)21-27-9-10-34(51)44-27/h4-8,11,15,19,26-27,43H,9-10,12-14,16-18,20-22H2,1-3H3,(H,44,51)(H,46,52)/t27-/m1/s1. The number of fused-ring (bicyclic) bond motifs is 1. The van der Waals surface area contributed by atoms with E-state index in [2.05, 4.69) is 25.8 Å². The minimum absolute atomic E-state index is 0.106. The van der Waals surface area contributed by atoms with Crippen molar-refractivity contribution < 1.29 is 19.1 Å². The number of ether oxygens (including phenoxy) is 1. The smallest absolute Gasteiger partial charge is 0.291 e. The molecule has 14 heteroatoms. The van der Waals surface area contributed by atoms with Crippen LogP contribution in [0.5, 0.6) is 5.75 Å². The summed E-state index contributed by atoms with van der Waals surface area (Å²) in [6.07, 6.45) is 5.69. The summed E-state index contributed by atoms with van der Waals surface area (Å²) in [6.45, 7) is 6.00. The number of anilines is 1. The molecule has 2 fully saturated rings. The summed E-state index contributed by atoms with van der Waals surface area (Å²) in [5, 5.41) is 10.4. The molecule has 4 aromatic rings. The first kappa shape index (κ1) is 36.9. The fourth-order valence-corrected chi connectivity index (χ4v) is 8.22. The van der Waals surface area contributed by atoms with E-state index in [1.165, 1.54) is 0 Å². The third kappa shape index (κ3) is 7.91. The molecule has 1 atom stereocenters. The van der Waals surface area contributed by atoms with E-state index >= 15 is 0 Å². The first-order valence-corrected chi connectivity index (χ1v) is 18.8. The van der Waals surface area contributed by atoms with Crippen LogP contribution in [0.2, 0.25) is 10.0 Å². The number of carbonyl (C=O) groups is 3. The number of halogens is 2. The predicted octanol–water partition coefficient (Wildman–Crippen LogP) is 5.45. The van der Waals surface area contributed by atoms with Gasteiger partial charge in [0.2, 0.25) is 11.8 Å². The van der Waals surface area contributed by atoms with Crippen molar-refractivity contribution >= 4 is 46.6 Å². The summed E-state index contributed by atoms with van der Waals surface area (Å²) in [7, 11) is 3.51. The lowest BCUT2D eigenvalue weighted by Crippen LogP contribution is -2.43. The highest BCUT2D eigenvalue weighted by Gasteiger charge is 2.29. The maximum absolute atomic E-state index is 13.6. The summed E-state index contributed by atoms with van der Waals surface area (Å²) in [5.74, 6) is 0.893. The van der Waals surface area contributed by atoms with Crippen molar-refractivity contribution in [2.45, 2.75) is 64.2 Å². The Morgan fingerprint density at radius 3 is 2.55 bits per heavy atom. The van der Waals surface area contributed by atoms with Crippen molar-refractivity contribution in [3.63, 3.8) is 0 Å². The van der Waals surface area contributed by atoms with Gasteiger partial charge in [-0.1, -0.05) is 47.5 Å². The normalized spacial score (nSPS) is 17.8. The highest BCUT2D eigenvalue weighted by atomic mass is 35.5. The average molecular weight is 760 g/mol. The van der Waals surface area contributed by atoms with E-state index in [9.17, 15) is 14.4 Å². The number of nitrogens with zero attached hydrogens (tertiary/aromatic N) is 5. The number of aromatic nitrogens is 3. The monoisotopic (exact) mass is 758 g/mol. The van der Waals surface area contributed by atoms with E-state index in [1.807, 2.05) is 46.8 Å². The van der Waals surface area contributed by atoms with Gasteiger partial charge < -0.3 is 30.2 Å². The number of imidazole rings is 1. The molecule has 3 aliphatic rings. The van der Waals surface area contributed by atoms with Crippen LogP contribution < -0.4 is 20.7 Å². The zero-order valence-electron chi connectivity index (χ0n) is 30.2. The number of benzene rings is 2. The third-order valence-electron chi connectivity index (χ3n) is 10.6. The first-order valence-electron chi connectivity index (χ1n) is 18.1. The fourth-order valence-electron chi connectivity index (χ4n) is 7.63. The number of rotatable bonds is 10. The summed E-state index contributed by atoms with van der Waals surface area (Å²) in [6, 6.07) is 13.7. The SMILES string of the molecule is COc1cc(-c2nccc(-c3cccc(NC(=O)c4nc5c(n4C)CCN(C[C@H]4CCC(=O)N4)C5)c3Cl)c2Cl)ccc1CNC1CCN(C(C)=O)CC1. The Morgan fingerprint density at radius 1 is 1.02 bits per heavy atom. The second-order valence-corrected chi connectivity index (χ2v) is 14.8. The molecule has 5 heterocycles. The van der Waals surface area contributed by atoms with Crippen LogP contribution in [0, 0.1) is 0 Å². The van der Waals surface area contributed by atoms with E-state index in [0.717, 1.165) is 74.4 Å². The van der Waals surface area contributed by atoms with Crippen molar-refractivity contribution in [1.82, 2.24) is 35.0 Å². The first-order chi connectivity index (χ1) is 25.6. The minimum atomic E-state index is -0.361. The molecule has 278 valence electrons. The Balaban J connectivity index is 1.05. The van der Waals surface area contributed by atoms with Gasteiger partial charge in [0.05, 0.1) is 34.2 Å². The number of amides is 3. The Labute approximate surface area is 319 Å². The molecule has 3 amide bonds. The van der Waals surface area contributed by atoms with E-state index in [1.54, 1.807) is 32.4 Å². The van der Waals surface area contributed by atoms with Gasteiger partial charge in [-0.15, -0.1) is 0 Å². The van der Waals surface area contributed by atoms with Gasteiger partial charge >= 0.3 is 0 Å². The van der Waals surface area contributed by atoms with Crippen LogP contribution in [-0.2, 0) is 36.1 Å². The van der Waals surface area contributed by atoms with Crippen molar-refractivity contribution in [3.8, 4) is 28.1 Å². The topological polar surface area (TPSA) is 134 Å². The van der Waals surface area contributed by atoms with Gasteiger partial charge in [-0.3, -0.25) is 24.3 Å². The van der Waals surface area contributed by atoms with Crippen LogP contribution >= 0.6 is 23.2 Å². The molecule has 53 heavy (non-hydrogen) atoms. The molecule has 2 saturated heterocycles. The van der Waals surface area contributed by atoms with Crippen LogP contribution in [0.25, 0.3) is 22.4 Å². The van der Waals surface area contributed by atoms with Crippen molar-refractivity contribution in [2.75, 3.05) is 38.6 Å². The summed E-state index contributed by atoms with van der Waals surface area (Å²) in [5.41, 5.74) is 6.04. The Morgan fingerprint density at radius 2 is 1.81 bits per heavy atom. The van der Waals surface area contributed by atoms with Gasteiger partial charge in [-0.2, -0.15) is 0 Å². The summed E-state index contributed by atoms with van der Waals surface area (Å²) in [4.78, 5) is 50.5. The third-order valence-corrected chi connectivity index (χ3v) is 11.4. The van der Waals surface area contributed by atoms with Gasteiger partial charge in [-0.25, -0.2) is 4.98 Å². The Bertz CT molecular complexity index is 2040. The molecule has 12 nitrogen and oxygen atoms in total. The molecule has 2 aromatic heterocycles. The molecule has 0 saturated carbocycles. The lowest BCUT2D eigenvalue weighted by Gasteiger charge is -2.32. The molecule has 2 aromatic carbocycles. The number of hydrogen-bond donors (Lipinski definition) is 3. The molecule has 0 spiro atoms. The molecule has 3 N–H and O–H groups in total. The zero-order valence-corrected chi connectivity index (χ0v) is 31.7. The second-order valence-electron chi connectivity index (χ2n) is 14.0. The molecule has 7 rings (SSSR count). The van der Waals surface area contributed by atoms with Crippen LogP contribution in [0.1, 0.15) is 60.2 Å². The quantitative estimate of drug-likeness (QED) is 0.195. The Kier molecular flexibility index (Phi) is 11.0. The van der Waals surface area contributed by atoms with Gasteiger partial charge in [0.25, 0.3) is 5.91 Å². The molecule has 0 radical (unpaired) electrons.